The highest BCUT2D eigenvalue weighted by Crippen LogP contribution is 2.16. The Morgan fingerprint density at radius 3 is 2.44 bits per heavy atom. The van der Waals surface area contributed by atoms with E-state index in [0.717, 1.165) is 16.8 Å². The molecule has 4 rings (SSSR count). The van der Waals surface area contributed by atoms with Crippen LogP contribution < -0.4 is 11.2 Å². The molecule has 27 heavy (non-hydrogen) atoms. The van der Waals surface area contributed by atoms with Gasteiger partial charge in [-0.3, -0.25) is 18.3 Å². The molecule has 0 fully saturated rings. The molecule has 0 atom stereocenters. The zero-order valence-corrected chi connectivity index (χ0v) is 15.5. The predicted octanol–water partition coefficient (Wildman–Crippen LogP) is 0.807. The first-order valence-electron chi connectivity index (χ1n) is 8.76. The fourth-order valence-electron chi connectivity index (χ4n) is 3.45. The molecule has 0 saturated carbocycles. The number of hydrogen-bond donors (Lipinski definition) is 1. The number of imidazole rings is 2. The van der Waals surface area contributed by atoms with E-state index in [1.54, 1.807) is 11.4 Å². The van der Waals surface area contributed by atoms with E-state index in [9.17, 15) is 14.7 Å². The van der Waals surface area contributed by atoms with E-state index in [4.69, 9.17) is 0 Å². The summed E-state index contributed by atoms with van der Waals surface area (Å²) in [6, 6.07) is 7.75. The molecule has 0 saturated heterocycles. The van der Waals surface area contributed by atoms with Crippen LogP contribution in [0.2, 0.25) is 0 Å². The third-order valence-corrected chi connectivity index (χ3v) is 4.93. The molecule has 1 aromatic carbocycles. The molecule has 0 unspecified atom stereocenters. The molecule has 1 N–H and O–H groups in total. The van der Waals surface area contributed by atoms with Crippen LogP contribution in [0.4, 0.5) is 0 Å². The van der Waals surface area contributed by atoms with E-state index < -0.39 is 5.69 Å². The number of aliphatic hydroxyl groups is 1. The fraction of sp³-hybridized carbons (Fsp3) is 0.316. The number of hydrogen-bond acceptors (Lipinski definition) is 4. The Kier molecular flexibility index (Phi) is 4.00. The highest BCUT2D eigenvalue weighted by molar-refractivity contribution is 5.75. The summed E-state index contributed by atoms with van der Waals surface area (Å²) in [7, 11) is 1.62. The van der Waals surface area contributed by atoms with Crippen LogP contribution in [-0.4, -0.2) is 34.8 Å². The summed E-state index contributed by atoms with van der Waals surface area (Å²) in [6.07, 6.45) is 1.81. The van der Waals surface area contributed by atoms with E-state index in [-0.39, 0.29) is 18.7 Å². The van der Waals surface area contributed by atoms with Crippen LogP contribution in [0.15, 0.2) is 40.1 Å². The van der Waals surface area contributed by atoms with Crippen molar-refractivity contribution in [3.05, 3.63) is 68.1 Å². The summed E-state index contributed by atoms with van der Waals surface area (Å²) in [5.74, 6) is 0.539. The first-order chi connectivity index (χ1) is 12.9. The Morgan fingerprint density at radius 2 is 1.78 bits per heavy atom. The Hall–Kier alpha value is -3.13. The molecular formula is C19H21N5O3. The molecule has 3 aromatic heterocycles. The second-order valence-electron chi connectivity index (χ2n) is 6.82. The number of aromatic nitrogens is 5. The van der Waals surface area contributed by atoms with E-state index in [1.807, 2.05) is 48.9 Å². The third kappa shape index (κ3) is 2.60. The maximum absolute atomic E-state index is 13.2. The standard InChI is InChI=1S/C19H21N5O3/c1-12-4-6-14(7-5-12)11-24-17(26)15-16(21(3)19(24)27)20-18-22(8-9-25)13(2)10-23(15)18/h4-7,10,25H,8-9,11H2,1-3H3. The molecule has 0 bridgehead atoms. The smallest absolute Gasteiger partial charge is 0.332 e. The lowest BCUT2D eigenvalue weighted by Gasteiger charge is -2.08. The second-order valence-corrected chi connectivity index (χ2v) is 6.82. The van der Waals surface area contributed by atoms with Crippen LogP contribution in [-0.2, 0) is 20.1 Å². The molecule has 4 aromatic rings. The topological polar surface area (TPSA) is 86.5 Å². The molecule has 0 radical (unpaired) electrons. The quantitative estimate of drug-likeness (QED) is 0.578. The molecule has 0 aliphatic carbocycles. The minimum Gasteiger partial charge on any atom is -0.395 e. The molecule has 0 aliphatic rings. The Morgan fingerprint density at radius 1 is 1.07 bits per heavy atom. The van der Waals surface area contributed by atoms with Crippen molar-refractivity contribution in [2.24, 2.45) is 7.05 Å². The Bertz CT molecular complexity index is 1270. The van der Waals surface area contributed by atoms with Crippen LogP contribution >= 0.6 is 0 Å². The van der Waals surface area contributed by atoms with Gasteiger partial charge in [0.2, 0.25) is 5.78 Å². The van der Waals surface area contributed by atoms with Crippen molar-refractivity contribution < 1.29 is 5.11 Å². The van der Waals surface area contributed by atoms with Crippen LogP contribution in [0.5, 0.6) is 0 Å². The molecule has 0 amide bonds. The van der Waals surface area contributed by atoms with Crippen molar-refractivity contribution in [2.45, 2.75) is 26.9 Å². The van der Waals surface area contributed by atoms with E-state index in [2.05, 4.69) is 4.98 Å². The number of nitrogens with zero attached hydrogens (tertiary/aromatic N) is 5. The van der Waals surface area contributed by atoms with E-state index >= 15 is 0 Å². The predicted molar refractivity (Wildman–Crippen MR) is 102 cm³/mol. The number of aryl methyl sites for hydroxylation is 3. The number of benzene rings is 1. The maximum Gasteiger partial charge on any atom is 0.332 e. The second kappa shape index (κ2) is 6.24. The molecule has 0 aliphatic heterocycles. The third-order valence-electron chi connectivity index (χ3n) is 4.93. The number of aliphatic hydroxyl groups excluding tert-OH is 1. The number of rotatable bonds is 4. The highest BCUT2D eigenvalue weighted by Gasteiger charge is 2.20. The Labute approximate surface area is 154 Å². The minimum atomic E-state index is -0.403. The van der Waals surface area contributed by atoms with Crippen LogP contribution in [0.25, 0.3) is 16.9 Å². The largest absolute Gasteiger partial charge is 0.395 e. The first kappa shape index (κ1) is 17.3. The average molecular weight is 367 g/mol. The average Bonchev–Trinajstić information content (AvgIpc) is 3.15. The monoisotopic (exact) mass is 367 g/mol. The van der Waals surface area contributed by atoms with Crippen LogP contribution in [0.3, 0.4) is 0 Å². The molecule has 8 heteroatoms. The summed E-state index contributed by atoms with van der Waals surface area (Å²) in [4.78, 5) is 30.4. The zero-order valence-electron chi connectivity index (χ0n) is 15.5. The summed E-state index contributed by atoms with van der Waals surface area (Å²) in [5, 5.41) is 9.30. The molecule has 140 valence electrons. The van der Waals surface area contributed by atoms with Crippen molar-refractivity contribution in [1.29, 1.82) is 0 Å². The molecular weight excluding hydrogens is 346 g/mol. The number of fused-ring (bicyclic) bond motifs is 3. The van der Waals surface area contributed by atoms with Gasteiger partial charge in [-0.05, 0) is 19.4 Å². The zero-order chi connectivity index (χ0) is 19.3. The van der Waals surface area contributed by atoms with Gasteiger partial charge in [0.1, 0.15) is 0 Å². The SMILES string of the molecule is Cc1ccc(Cn2c(=O)c3c(nc4n(CCO)c(C)cn34)n(C)c2=O)cc1. The lowest BCUT2D eigenvalue weighted by Crippen LogP contribution is -2.39. The van der Waals surface area contributed by atoms with Gasteiger partial charge in [-0.15, -0.1) is 0 Å². The van der Waals surface area contributed by atoms with Gasteiger partial charge in [0.05, 0.1) is 13.2 Å². The van der Waals surface area contributed by atoms with E-state index in [0.29, 0.717) is 23.5 Å². The van der Waals surface area contributed by atoms with Gasteiger partial charge in [-0.1, -0.05) is 29.8 Å². The highest BCUT2D eigenvalue weighted by atomic mass is 16.3. The van der Waals surface area contributed by atoms with E-state index in [1.165, 1.54) is 9.13 Å². The van der Waals surface area contributed by atoms with Crippen molar-refractivity contribution in [3.63, 3.8) is 0 Å². The van der Waals surface area contributed by atoms with Gasteiger partial charge < -0.3 is 9.67 Å². The van der Waals surface area contributed by atoms with Gasteiger partial charge in [0, 0.05) is 25.5 Å². The summed E-state index contributed by atoms with van der Waals surface area (Å²) in [6.45, 7) is 4.42. The van der Waals surface area contributed by atoms with Gasteiger partial charge in [0.25, 0.3) is 5.56 Å². The normalized spacial score (nSPS) is 11.7. The first-order valence-corrected chi connectivity index (χ1v) is 8.76. The van der Waals surface area contributed by atoms with Gasteiger partial charge >= 0.3 is 5.69 Å². The Balaban J connectivity index is 1.99. The lowest BCUT2D eigenvalue weighted by atomic mass is 10.1. The van der Waals surface area contributed by atoms with Crippen molar-refractivity contribution in [1.82, 2.24) is 23.1 Å². The van der Waals surface area contributed by atoms with Gasteiger partial charge in [-0.25, -0.2) is 4.79 Å². The summed E-state index contributed by atoms with van der Waals surface area (Å²) in [5.41, 5.74) is 2.81. The fourth-order valence-corrected chi connectivity index (χ4v) is 3.45. The van der Waals surface area contributed by atoms with Crippen molar-refractivity contribution in [3.8, 4) is 0 Å². The summed E-state index contributed by atoms with van der Waals surface area (Å²) >= 11 is 0. The van der Waals surface area contributed by atoms with Crippen LogP contribution in [0, 0.1) is 13.8 Å². The van der Waals surface area contributed by atoms with Crippen LogP contribution in [0.1, 0.15) is 16.8 Å². The molecule has 0 spiro atoms. The lowest BCUT2D eigenvalue weighted by molar-refractivity contribution is 0.276. The van der Waals surface area contributed by atoms with Crippen molar-refractivity contribution in [2.75, 3.05) is 6.61 Å². The minimum absolute atomic E-state index is 0.0367. The van der Waals surface area contributed by atoms with Gasteiger partial charge in [0.15, 0.2) is 11.2 Å². The van der Waals surface area contributed by atoms with Gasteiger partial charge in [-0.2, -0.15) is 4.98 Å². The maximum atomic E-state index is 13.2. The molecule has 8 nitrogen and oxygen atoms in total. The molecule has 3 heterocycles. The van der Waals surface area contributed by atoms with Crippen molar-refractivity contribution >= 4 is 16.9 Å². The summed E-state index contributed by atoms with van der Waals surface area (Å²) < 4.78 is 6.17.